The summed E-state index contributed by atoms with van der Waals surface area (Å²) in [6, 6.07) is 8.09. The first-order valence-corrected chi connectivity index (χ1v) is 7.95. The van der Waals surface area contributed by atoms with Gasteiger partial charge in [-0.05, 0) is 42.4 Å². The van der Waals surface area contributed by atoms with Crippen LogP contribution in [0, 0.1) is 5.92 Å². The molecule has 1 aromatic carbocycles. The first kappa shape index (κ1) is 17.2. The molecule has 2 unspecified atom stereocenters. The molecule has 1 aromatic rings. The van der Waals surface area contributed by atoms with E-state index in [0.717, 1.165) is 17.3 Å². The summed E-state index contributed by atoms with van der Waals surface area (Å²) in [6.45, 7) is 4.98. The Hall–Kier alpha value is -0.870. The number of halogens is 1. The van der Waals surface area contributed by atoms with E-state index in [0.29, 0.717) is 18.9 Å². The highest BCUT2D eigenvalue weighted by atomic mass is 79.9. The minimum absolute atomic E-state index is 0.0945. The molecule has 0 heterocycles. The Kier molecular flexibility index (Phi) is 7.85. The Bertz CT molecular complexity index is 405. The van der Waals surface area contributed by atoms with Crippen LogP contribution in [0.5, 0.6) is 0 Å². The van der Waals surface area contributed by atoms with Crippen LogP contribution in [0.2, 0.25) is 0 Å². The van der Waals surface area contributed by atoms with Gasteiger partial charge in [0.1, 0.15) is 0 Å². The summed E-state index contributed by atoms with van der Waals surface area (Å²) >= 11 is 3.41. The number of benzene rings is 1. The number of carbonyl (C=O) groups is 1. The van der Waals surface area contributed by atoms with Gasteiger partial charge < -0.3 is 10.4 Å². The van der Waals surface area contributed by atoms with Gasteiger partial charge in [-0.25, -0.2) is 0 Å². The molecule has 2 N–H and O–H groups in total. The van der Waals surface area contributed by atoms with Gasteiger partial charge in [0.2, 0.25) is 5.91 Å². The summed E-state index contributed by atoms with van der Waals surface area (Å²) in [7, 11) is 0. The van der Waals surface area contributed by atoms with Crippen LogP contribution in [0.1, 0.15) is 44.6 Å². The van der Waals surface area contributed by atoms with Crippen LogP contribution in [0.3, 0.4) is 0 Å². The zero-order chi connectivity index (χ0) is 15.0. The number of hydrogen-bond donors (Lipinski definition) is 2. The van der Waals surface area contributed by atoms with Gasteiger partial charge >= 0.3 is 0 Å². The van der Waals surface area contributed by atoms with E-state index in [4.69, 9.17) is 5.11 Å². The molecule has 112 valence electrons. The summed E-state index contributed by atoms with van der Waals surface area (Å²) in [6.07, 6.45) is 2.37. The molecule has 0 aliphatic rings. The van der Waals surface area contributed by atoms with Crippen LogP contribution in [0.15, 0.2) is 28.7 Å². The smallest absolute Gasteiger partial charge is 0.220 e. The van der Waals surface area contributed by atoms with Crippen LogP contribution in [-0.2, 0) is 4.79 Å². The summed E-state index contributed by atoms with van der Waals surface area (Å²) < 4.78 is 1.05. The second-order valence-corrected chi connectivity index (χ2v) is 6.35. The minimum Gasteiger partial charge on any atom is -0.396 e. The molecule has 0 aliphatic heterocycles. The van der Waals surface area contributed by atoms with Gasteiger partial charge in [-0.2, -0.15) is 0 Å². The summed E-state index contributed by atoms with van der Waals surface area (Å²) in [4.78, 5) is 11.8. The quantitative estimate of drug-likeness (QED) is 0.711. The van der Waals surface area contributed by atoms with Crippen molar-refractivity contribution in [3.63, 3.8) is 0 Å². The lowest BCUT2D eigenvalue weighted by Gasteiger charge is -2.13. The van der Waals surface area contributed by atoms with Crippen LogP contribution in [0.4, 0.5) is 0 Å². The minimum atomic E-state index is 0.0945. The second-order valence-electron chi connectivity index (χ2n) is 5.44. The van der Waals surface area contributed by atoms with Gasteiger partial charge in [0, 0.05) is 24.0 Å². The molecule has 0 aliphatic carbocycles. The van der Waals surface area contributed by atoms with Gasteiger partial charge in [-0.15, -0.1) is 0 Å². The first-order valence-electron chi connectivity index (χ1n) is 7.16. The fourth-order valence-corrected chi connectivity index (χ4v) is 2.29. The third-order valence-corrected chi connectivity index (χ3v) is 3.97. The van der Waals surface area contributed by atoms with Crippen molar-refractivity contribution in [1.82, 2.24) is 5.32 Å². The van der Waals surface area contributed by atoms with Gasteiger partial charge in [-0.3, -0.25) is 4.79 Å². The third kappa shape index (κ3) is 6.53. The molecule has 2 atom stereocenters. The Morgan fingerprint density at radius 2 is 1.95 bits per heavy atom. The lowest BCUT2D eigenvalue weighted by atomic mass is 9.97. The van der Waals surface area contributed by atoms with Crippen LogP contribution in [-0.4, -0.2) is 24.2 Å². The molecule has 4 heteroatoms. The first-order chi connectivity index (χ1) is 9.52. The maximum atomic E-state index is 11.8. The van der Waals surface area contributed by atoms with Gasteiger partial charge in [0.05, 0.1) is 0 Å². The van der Waals surface area contributed by atoms with Crippen molar-refractivity contribution in [2.24, 2.45) is 5.92 Å². The molecular weight excluding hydrogens is 318 g/mol. The zero-order valence-electron chi connectivity index (χ0n) is 12.2. The lowest BCUT2D eigenvalue weighted by molar-refractivity contribution is -0.121. The molecule has 1 amide bonds. The van der Waals surface area contributed by atoms with Crippen molar-refractivity contribution in [2.75, 3.05) is 13.2 Å². The molecule has 1 rings (SSSR count). The average Bonchev–Trinajstić information content (AvgIpc) is 2.43. The summed E-state index contributed by atoms with van der Waals surface area (Å²) in [5.74, 6) is 0.630. The van der Waals surface area contributed by atoms with E-state index in [1.54, 1.807) is 0 Å². The molecular formula is C16H24BrNO2. The van der Waals surface area contributed by atoms with Crippen molar-refractivity contribution in [1.29, 1.82) is 0 Å². The predicted octanol–water partition coefficient (Wildman–Crippen LogP) is 3.47. The molecule has 3 nitrogen and oxygen atoms in total. The molecule has 0 fully saturated rings. The van der Waals surface area contributed by atoms with Crippen molar-refractivity contribution in [3.8, 4) is 0 Å². The maximum Gasteiger partial charge on any atom is 0.220 e. The second kappa shape index (κ2) is 9.14. The van der Waals surface area contributed by atoms with Gasteiger partial charge in [0.15, 0.2) is 0 Å². The highest BCUT2D eigenvalue weighted by Crippen LogP contribution is 2.21. The number of nitrogens with one attached hydrogen (secondary N) is 1. The molecule has 0 spiro atoms. The van der Waals surface area contributed by atoms with E-state index in [-0.39, 0.29) is 18.4 Å². The van der Waals surface area contributed by atoms with E-state index >= 15 is 0 Å². The Balaban J connectivity index is 2.26. The summed E-state index contributed by atoms with van der Waals surface area (Å²) in [5.41, 5.74) is 1.18. The van der Waals surface area contributed by atoms with Crippen molar-refractivity contribution < 1.29 is 9.90 Å². The Morgan fingerprint density at radius 3 is 2.55 bits per heavy atom. The topological polar surface area (TPSA) is 49.3 Å². The number of amides is 1. The SMILES string of the molecule is CC(CO)CCCNC(=O)CC(C)c1ccc(Br)cc1. The van der Waals surface area contributed by atoms with E-state index in [1.807, 2.05) is 31.2 Å². The standard InChI is InChI=1S/C16H24BrNO2/c1-12(11-19)4-3-9-18-16(20)10-13(2)14-5-7-15(17)8-6-14/h5-8,12-13,19H,3-4,9-11H2,1-2H3,(H,18,20). The Morgan fingerprint density at radius 1 is 1.30 bits per heavy atom. The monoisotopic (exact) mass is 341 g/mol. The number of carbonyl (C=O) groups excluding carboxylic acids is 1. The molecule has 0 bridgehead atoms. The zero-order valence-corrected chi connectivity index (χ0v) is 13.8. The number of aliphatic hydroxyl groups excluding tert-OH is 1. The fourth-order valence-electron chi connectivity index (χ4n) is 2.03. The largest absolute Gasteiger partial charge is 0.396 e. The molecule has 0 saturated heterocycles. The predicted molar refractivity (Wildman–Crippen MR) is 85.7 cm³/mol. The van der Waals surface area contributed by atoms with E-state index in [9.17, 15) is 4.79 Å². The highest BCUT2D eigenvalue weighted by Gasteiger charge is 2.11. The normalized spacial score (nSPS) is 13.8. The number of aliphatic hydroxyl groups is 1. The molecule has 0 aromatic heterocycles. The number of rotatable bonds is 8. The molecule has 0 radical (unpaired) electrons. The Labute approximate surface area is 129 Å². The van der Waals surface area contributed by atoms with E-state index in [2.05, 4.69) is 28.2 Å². The third-order valence-electron chi connectivity index (χ3n) is 3.44. The van der Waals surface area contributed by atoms with Crippen molar-refractivity contribution in [3.05, 3.63) is 34.3 Å². The fraction of sp³-hybridized carbons (Fsp3) is 0.562. The maximum absolute atomic E-state index is 11.8. The van der Waals surface area contributed by atoms with Gasteiger partial charge in [0.25, 0.3) is 0 Å². The van der Waals surface area contributed by atoms with Crippen molar-refractivity contribution in [2.45, 2.75) is 39.0 Å². The van der Waals surface area contributed by atoms with E-state index < -0.39 is 0 Å². The lowest BCUT2D eigenvalue weighted by Crippen LogP contribution is -2.26. The van der Waals surface area contributed by atoms with Crippen LogP contribution < -0.4 is 5.32 Å². The van der Waals surface area contributed by atoms with Crippen molar-refractivity contribution >= 4 is 21.8 Å². The van der Waals surface area contributed by atoms with Crippen LogP contribution >= 0.6 is 15.9 Å². The highest BCUT2D eigenvalue weighted by molar-refractivity contribution is 9.10. The summed E-state index contributed by atoms with van der Waals surface area (Å²) in [5, 5.41) is 11.9. The van der Waals surface area contributed by atoms with Crippen LogP contribution in [0.25, 0.3) is 0 Å². The average molecular weight is 342 g/mol. The molecule has 20 heavy (non-hydrogen) atoms. The van der Waals surface area contributed by atoms with Gasteiger partial charge in [-0.1, -0.05) is 41.9 Å². The molecule has 0 saturated carbocycles. The van der Waals surface area contributed by atoms with E-state index in [1.165, 1.54) is 5.56 Å². The number of hydrogen-bond acceptors (Lipinski definition) is 2.